The Morgan fingerprint density at radius 1 is 1.48 bits per heavy atom. The van der Waals surface area contributed by atoms with Crippen LogP contribution < -0.4 is 4.90 Å². The SMILES string of the molecule is CC(C)OC(=O)c1cccnc1N1CC[S@](=O)C(C)(C)C1. The molecule has 0 unspecified atom stereocenters. The Balaban J connectivity index is 2.28. The third-order valence-corrected chi connectivity index (χ3v) is 5.30. The van der Waals surface area contributed by atoms with Gasteiger partial charge in [-0.1, -0.05) is 0 Å². The van der Waals surface area contributed by atoms with Crippen molar-refractivity contribution in [2.24, 2.45) is 0 Å². The summed E-state index contributed by atoms with van der Waals surface area (Å²) in [6.07, 6.45) is 1.50. The lowest BCUT2D eigenvalue weighted by Crippen LogP contribution is -2.50. The minimum Gasteiger partial charge on any atom is -0.459 e. The molecule has 116 valence electrons. The number of pyridine rings is 1. The van der Waals surface area contributed by atoms with Crippen LogP contribution in [0.1, 0.15) is 38.1 Å². The molecule has 1 fully saturated rings. The lowest BCUT2D eigenvalue weighted by atomic mass is 10.1. The first-order chi connectivity index (χ1) is 9.81. The quantitative estimate of drug-likeness (QED) is 0.799. The molecule has 0 bridgehead atoms. The molecule has 0 aromatic carbocycles. The van der Waals surface area contributed by atoms with Crippen molar-refractivity contribution >= 4 is 22.6 Å². The zero-order valence-corrected chi connectivity index (χ0v) is 13.8. The van der Waals surface area contributed by atoms with Crippen molar-refractivity contribution in [3.63, 3.8) is 0 Å². The van der Waals surface area contributed by atoms with Crippen LogP contribution in [-0.2, 0) is 15.5 Å². The van der Waals surface area contributed by atoms with Crippen molar-refractivity contribution in [1.82, 2.24) is 4.98 Å². The molecule has 1 saturated heterocycles. The van der Waals surface area contributed by atoms with Crippen LogP contribution >= 0.6 is 0 Å². The fraction of sp³-hybridized carbons (Fsp3) is 0.600. The number of rotatable bonds is 3. The molecule has 2 rings (SSSR count). The molecular weight excluding hydrogens is 288 g/mol. The predicted molar refractivity (Wildman–Crippen MR) is 84.1 cm³/mol. The number of ether oxygens (including phenoxy) is 1. The van der Waals surface area contributed by atoms with Gasteiger partial charge in [-0.25, -0.2) is 9.78 Å². The Labute approximate surface area is 128 Å². The van der Waals surface area contributed by atoms with Crippen LogP contribution in [0.3, 0.4) is 0 Å². The van der Waals surface area contributed by atoms with E-state index in [2.05, 4.69) is 4.98 Å². The molecule has 5 nitrogen and oxygen atoms in total. The molecule has 1 aromatic heterocycles. The average Bonchev–Trinajstić information content (AvgIpc) is 2.41. The molecule has 0 spiro atoms. The van der Waals surface area contributed by atoms with Crippen molar-refractivity contribution in [2.75, 3.05) is 23.7 Å². The number of hydrogen-bond acceptors (Lipinski definition) is 5. The van der Waals surface area contributed by atoms with Crippen molar-refractivity contribution < 1.29 is 13.7 Å². The second kappa shape index (κ2) is 6.13. The van der Waals surface area contributed by atoms with Gasteiger partial charge in [0.15, 0.2) is 0 Å². The van der Waals surface area contributed by atoms with E-state index in [0.29, 0.717) is 30.2 Å². The molecule has 0 amide bonds. The third-order valence-electron chi connectivity index (χ3n) is 3.38. The molecule has 1 aromatic rings. The van der Waals surface area contributed by atoms with Crippen LogP contribution in [0, 0.1) is 0 Å². The van der Waals surface area contributed by atoms with Crippen molar-refractivity contribution in [2.45, 2.75) is 38.5 Å². The van der Waals surface area contributed by atoms with Crippen molar-refractivity contribution in [1.29, 1.82) is 0 Å². The average molecular weight is 310 g/mol. The monoisotopic (exact) mass is 310 g/mol. The molecule has 2 heterocycles. The van der Waals surface area contributed by atoms with Gasteiger partial charge in [0.1, 0.15) is 11.4 Å². The molecule has 1 aliphatic heterocycles. The van der Waals surface area contributed by atoms with E-state index in [-0.39, 0.29) is 16.8 Å². The summed E-state index contributed by atoms with van der Waals surface area (Å²) >= 11 is 0. The Morgan fingerprint density at radius 3 is 2.81 bits per heavy atom. The summed E-state index contributed by atoms with van der Waals surface area (Å²) < 4.78 is 17.0. The Kier molecular flexibility index (Phi) is 4.66. The maximum Gasteiger partial charge on any atom is 0.342 e. The highest BCUT2D eigenvalue weighted by Crippen LogP contribution is 2.26. The molecule has 0 aliphatic carbocycles. The topological polar surface area (TPSA) is 59.5 Å². The molecule has 6 heteroatoms. The molecule has 21 heavy (non-hydrogen) atoms. The summed E-state index contributed by atoms with van der Waals surface area (Å²) in [5.41, 5.74) is 0.467. The van der Waals surface area contributed by atoms with Gasteiger partial charge < -0.3 is 9.64 Å². The number of aromatic nitrogens is 1. The van der Waals surface area contributed by atoms with E-state index < -0.39 is 10.8 Å². The van der Waals surface area contributed by atoms with Crippen molar-refractivity contribution in [3.05, 3.63) is 23.9 Å². The summed E-state index contributed by atoms with van der Waals surface area (Å²) in [6.45, 7) is 8.84. The van der Waals surface area contributed by atoms with Crippen LogP contribution in [0.4, 0.5) is 5.82 Å². The molecule has 0 radical (unpaired) electrons. The first-order valence-electron chi connectivity index (χ1n) is 7.10. The van der Waals surface area contributed by atoms with E-state index in [1.807, 2.05) is 32.6 Å². The molecular formula is C15H22N2O3S. The van der Waals surface area contributed by atoms with Gasteiger partial charge >= 0.3 is 5.97 Å². The van der Waals surface area contributed by atoms with Crippen LogP contribution in [0.25, 0.3) is 0 Å². The minimum atomic E-state index is -0.857. The highest BCUT2D eigenvalue weighted by molar-refractivity contribution is 7.86. The smallest absolute Gasteiger partial charge is 0.342 e. The fourth-order valence-corrected chi connectivity index (χ4v) is 3.59. The molecule has 1 aliphatic rings. The Bertz CT molecular complexity index is 558. The summed E-state index contributed by atoms with van der Waals surface area (Å²) in [5.74, 6) is 0.841. The van der Waals surface area contributed by atoms with Crippen molar-refractivity contribution in [3.8, 4) is 0 Å². The maximum absolute atomic E-state index is 12.2. The molecule has 0 saturated carbocycles. The summed E-state index contributed by atoms with van der Waals surface area (Å²) in [6, 6.07) is 3.46. The second-order valence-electron chi connectivity index (χ2n) is 6.06. The third kappa shape index (κ3) is 3.61. The van der Waals surface area contributed by atoms with E-state index in [1.54, 1.807) is 18.3 Å². The van der Waals surface area contributed by atoms with Crippen LogP contribution in [0.2, 0.25) is 0 Å². The van der Waals surface area contributed by atoms with Gasteiger partial charge in [-0.2, -0.15) is 0 Å². The van der Waals surface area contributed by atoms with Gasteiger partial charge in [0.2, 0.25) is 0 Å². The van der Waals surface area contributed by atoms with Crippen LogP contribution in [-0.4, -0.2) is 44.9 Å². The standard InChI is InChI=1S/C15H22N2O3S/c1-11(2)20-14(18)12-6-5-7-16-13(12)17-8-9-21(19)15(3,4)10-17/h5-7,11H,8-10H2,1-4H3/t21-/m0/s1. The van der Waals surface area contributed by atoms with Gasteiger partial charge in [-0.3, -0.25) is 4.21 Å². The number of esters is 1. The first kappa shape index (κ1) is 15.9. The van der Waals surface area contributed by atoms with Crippen LogP contribution in [0.15, 0.2) is 18.3 Å². The van der Waals surface area contributed by atoms with E-state index in [0.717, 1.165) is 0 Å². The van der Waals surface area contributed by atoms with E-state index >= 15 is 0 Å². The number of nitrogens with zero attached hydrogens (tertiary/aromatic N) is 2. The van der Waals surface area contributed by atoms with Gasteiger partial charge in [0.25, 0.3) is 0 Å². The van der Waals surface area contributed by atoms with Gasteiger partial charge in [-0.05, 0) is 39.8 Å². The van der Waals surface area contributed by atoms with Gasteiger partial charge in [0.05, 0.1) is 10.9 Å². The fourth-order valence-electron chi connectivity index (χ4n) is 2.35. The van der Waals surface area contributed by atoms with Gasteiger partial charge in [-0.15, -0.1) is 0 Å². The highest BCUT2D eigenvalue weighted by atomic mass is 32.2. The lowest BCUT2D eigenvalue weighted by molar-refractivity contribution is 0.0378. The van der Waals surface area contributed by atoms with E-state index in [9.17, 15) is 9.00 Å². The zero-order chi connectivity index (χ0) is 15.6. The summed E-state index contributed by atoms with van der Waals surface area (Å²) in [5, 5.41) is 0. The molecule has 1 atom stereocenters. The summed E-state index contributed by atoms with van der Waals surface area (Å²) in [7, 11) is -0.857. The number of hydrogen-bond donors (Lipinski definition) is 0. The predicted octanol–water partition coefficient (Wildman–Crippen LogP) is 1.99. The highest BCUT2D eigenvalue weighted by Gasteiger charge is 2.35. The number of anilines is 1. The zero-order valence-electron chi connectivity index (χ0n) is 13.0. The normalized spacial score (nSPS) is 21.4. The first-order valence-corrected chi connectivity index (χ1v) is 8.42. The lowest BCUT2D eigenvalue weighted by Gasteiger charge is -2.38. The van der Waals surface area contributed by atoms with Crippen LogP contribution in [0.5, 0.6) is 0 Å². The minimum absolute atomic E-state index is 0.171. The maximum atomic E-state index is 12.2. The van der Waals surface area contributed by atoms with Gasteiger partial charge in [0, 0.05) is 35.8 Å². The Morgan fingerprint density at radius 2 is 2.19 bits per heavy atom. The van der Waals surface area contributed by atoms with E-state index in [4.69, 9.17) is 4.74 Å². The largest absolute Gasteiger partial charge is 0.459 e. The summed E-state index contributed by atoms with van der Waals surface area (Å²) in [4.78, 5) is 18.6. The number of carbonyl (C=O) groups is 1. The second-order valence-corrected chi connectivity index (χ2v) is 8.26. The van der Waals surface area contributed by atoms with E-state index in [1.165, 1.54) is 0 Å². The number of carbonyl (C=O) groups excluding carboxylic acids is 1. The molecule has 0 N–H and O–H groups in total. The Hall–Kier alpha value is -1.43.